The number of nitrogens with one attached hydrogen (secondary N) is 4. The molecule has 6 aliphatic rings. The molecule has 0 aromatic heterocycles. The van der Waals surface area contributed by atoms with E-state index in [-0.39, 0.29) is 42.9 Å². The number of amides is 2. The topological polar surface area (TPSA) is 130 Å². The molecule has 226 valence electrons. The second-order valence-electron chi connectivity index (χ2n) is 12.7. The third-order valence-corrected chi connectivity index (χ3v) is 9.92. The van der Waals surface area contributed by atoms with Crippen molar-refractivity contribution in [2.24, 2.45) is 17.6 Å². The lowest BCUT2D eigenvalue weighted by Gasteiger charge is -2.50. The molecule has 0 spiro atoms. The van der Waals surface area contributed by atoms with E-state index in [0.717, 1.165) is 39.4 Å². The highest BCUT2D eigenvalue weighted by Crippen LogP contribution is 2.29. The first kappa shape index (κ1) is 28.6. The van der Waals surface area contributed by atoms with E-state index in [9.17, 15) is 14.0 Å². The summed E-state index contributed by atoms with van der Waals surface area (Å²) in [6, 6.07) is -0.918. The van der Waals surface area contributed by atoms with E-state index in [0.29, 0.717) is 32.5 Å². The summed E-state index contributed by atoms with van der Waals surface area (Å²) in [6.07, 6.45) is -1.89. The molecule has 2 amide bonds. The molecular weight excluding hydrogens is 524 g/mol. The highest BCUT2D eigenvalue weighted by Gasteiger charge is 2.49. The predicted molar refractivity (Wildman–Crippen MR) is 143 cm³/mol. The van der Waals surface area contributed by atoms with Crippen LogP contribution in [0.4, 0.5) is 8.78 Å². The Kier molecular flexibility index (Phi) is 8.32. The first-order valence-electron chi connectivity index (χ1n) is 14.9. The number of carbonyl (C=O) groups is 2. The molecular formula is C26H45F2N9O3. The van der Waals surface area contributed by atoms with Crippen LogP contribution in [0.1, 0.15) is 19.8 Å². The van der Waals surface area contributed by atoms with E-state index in [1.54, 1.807) is 5.01 Å². The van der Waals surface area contributed by atoms with Gasteiger partial charge in [-0.05, 0) is 32.9 Å². The standard InChI is InChI=1S/C26H45F2N9O3/c1-26(14-40-15-26)36-8-6-35(7-9-36)25(39)16-2-4-34(5-3-16)21-18(28)11-30-12-19(21)32-24(38)20-22(29)33-37-13-17(27)10-31-23(20)37/h16-23,30-31,33H,2-15,29H2,1H3,(H,32,38). The van der Waals surface area contributed by atoms with Gasteiger partial charge in [0.1, 0.15) is 12.3 Å². The Balaban J connectivity index is 1.02. The van der Waals surface area contributed by atoms with Gasteiger partial charge in [-0.25, -0.2) is 19.2 Å². The zero-order chi connectivity index (χ0) is 28.0. The van der Waals surface area contributed by atoms with Gasteiger partial charge in [-0.2, -0.15) is 0 Å². The van der Waals surface area contributed by atoms with Gasteiger partial charge in [0.25, 0.3) is 0 Å². The van der Waals surface area contributed by atoms with Crippen LogP contribution in [0.5, 0.6) is 0 Å². The summed E-state index contributed by atoms with van der Waals surface area (Å²) in [7, 11) is 0. The third-order valence-electron chi connectivity index (χ3n) is 9.92. The van der Waals surface area contributed by atoms with Crippen LogP contribution < -0.4 is 27.1 Å². The monoisotopic (exact) mass is 569 g/mol. The van der Waals surface area contributed by atoms with Gasteiger partial charge in [-0.3, -0.25) is 24.7 Å². The van der Waals surface area contributed by atoms with E-state index in [1.165, 1.54) is 0 Å². The summed E-state index contributed by atoms with van der Waals surface area (Å²) in [5.41, 5.74) is 9.32. The number of halogens is 2. The number of fused-ring (bicyclic) bond motifs is 1. The Labute approximate surface area is 234 Å². The molecule has 7 unspecified atom stereocenters. The zero-order valence-electron chi connectivity index (χ0n) is 23.4. The SMILES string of the molecule is CC1(N2CCN(C(=O)C3CCN(C4C(F)CNCC4NC(=O)C4C(N)NN5CC(F)CNC45)CC3)CC2)COC1. The lowest BCUT2D eigenvalue weighted by atomic mass is 9.89. The molecule has 12 nitrogen and oxygen atoms in total. The van der Waals surface area contributed by atoms with Gasteiger partial charge in [-0.15, -0.1) is 0 Å². The molecule has 6 heterocycles. The normalized spacial score (nSPS) is 39.9. The fraction of sp³-hybridized carbons (Fsp3) is 0.923. The molecule has 6 aliphatic heterocycles. The summed E-state index contributed by atoms with van der Waals surface area (Å²) < 4.78 is 34.6. The number of likely N-dealkylation sites (tertiary alicyclic amines) is 1. The molecule has 0 bridgehead atoms. The van der Waals surface area contributed by atoms with Crippen LogP contribution in [-0.4, -0.2) is 152 Å². The lowest BCUT2D eigenvalue weighted by Crippen LogP contribution is -2.67. The molecule has 6 N–H and O–H groups in total. The third kappa shape index (κ3) is 5.49. The van der Waals surface area contributed by atoms with Crippen molar-refractivity contribution in [3.05, 3.63) is 0 Å². The number of piperidine rings is 2. The molecule has 0 radical (unpaired) electrons. The first-order chi connectivity index (χ1) is 19.2. The van der Waals surface area contributed by atoms with Crippen molar-refractivity contribution < 1.29 is 23.1 Å². The fourth-order valence-electron chi connectivity index (χ4n) is 7.50. The molecule has 0 aliphatic carbocycles. The molecule has 0 saturated carbocycles. The number of piperazine rings is 1. The maximum Gasteiger partial charge on any atom is 0.229 e. The minimum Gasteiger partial charge on any atom is -0.377 e. The second-order valence-corrected chi connectivity index (χ2v) is 12.7. The number of nitrogens with two attached hydrogens (primary N) is 1. The minimum atomic E-state index is -1.15. The lowest BCUT2D eigenvalue weighted by molar-refractivity contribution is -0.153. The number of nitrogens with zero attached hydrogens (tertiary/aromatic N) is 4. The Morgan fingerprint density at radius 3 is 2.42 bits per heavy atom. The maximum atomic E-state index is 15.4. The number of hydrazine groups is 1. The highest BCUT2D eigenvalue weighted by atomic mass is 19.1. The number of carbonyl (C=O) groups excluding carboxylic acids is 2. The fourth-order valence-corrected chi connectivity index (χ4v) is 7.50. The summed E-state index contributed by atoms with van der Waals surface area (Å²) in [6.45, 7) is 9.18. The molecule has 40 heavy (non-hydrogen) atoms. The Hall–Kier alpha value is -1.52. The van der Waals surface area contributed by atoms with E-state index in [1.807, 2.05) is 4.90 Å². The quantitative estimate of drug-likeness (QED) is 0.241. The Morgan fingerprint density at radius 1 is 1.02 bits per heavy atom. The van der Waals surface area contributed by atoms with Crippen molar-refractivity contribution in [3.63, 3.8) is 0 Å². The maximum absolute atomic E-state index is 15.4. The van der Waals surface area contributed by atoms with Gasteiger partial charge in [0.2, 0.25) is 11.8 Å². The summed E-state index contributed by atoms with van der Waals surface area (Å²) in [5, 5.41) is 10.9. The molecule has 0 aromatic carbocycles. The molecule has 6 fully saturated rings. The van der Waals surface area contributed by atoms with Gasteiger partial charge in [0, 0.05) is 58.3 Å². The zero-order valence-corrected chi connectivity index (χ0v) is 23.4. The van der Waals surface area contributed by atoms with Crippen molar-refractivity contribution in [3.8, 4) is 0 Å². The van der Waals surface area contributed by atoms with Crippen LogP contribution in [0, 0.1) is 11.8 Å². The molecule has 7 atom stereocenters. The van der Waals surface area contributed by atoms with Crippen LogP contribution in [-0.2, 0) is 14.3 Å². The Bertz CT molecular complexity index is 929. The minimum absolute atomic E-state index is 0.0523. The van der Waals surface area contributed by atoms with E-state index < -0.39 is 42.7 Å². The van der Waals surface area contributed by atoms with Crippen molar-refractivity contribution in [1.29, 1.82) is 0 Å². The number of ether oxygens (including phenoxy) is 1. The highest BCUT2D eigenvalue weighted by molar-refractivity contribution is 5.81. The van der Waals surface area contributed by atoms with Gasteiger partial charge in [0.15, 0.2) is 0 Å². The van der Waals surface area contributed by atoms with Crippen LogP contribution in [0.15, 0.2) is 0 Å². The van der Waals surface area contributed by atoms with E-state index >= 15 is 4.39 Å². The molecule has 6 rings (SSSR count). The summed E-state index contributed by atoms with van der Waals surface area (Å²) >= 11 is 0. The van der Waals surface area contributed by atoms with Gasteiger partial charge < -0.3 is 26.0 Å². The number of hydrogen-bond donors (Lipinski definition) is 5. The van der Waals surface area contributed by atoms with Crippen LogP contribution in [0.2, 0.25) is 0 Å². The average Bonchev–Trinajstić information content (AvgIpc) is 3.26. The molecule has 14 heteroatoms. The second kappa shape index (κ2) is 11.6. The van der Waals surface area contributed by atoms with Gasteiger partial charge in [0.05, 0.1) is 49.1 Å². The molecule has 6 saturated heterocycles. The number of rotatable bonds is 5. The van der Waals surface area contributed by atoms with Gasteiger partial charge >= 0.3 is 0 Å². The largest absolute Gasteiger partial charge is 0.377 e. The average molecular weight is 570 g/mol. The number of hydrogen-bond acceptors (Lipinski definition) is 10. The Morgan fingerprint density at radius 2 is 1.75 bits per heavy atom. The van der Waals surface area contributed by atoms with Crippen molar-refractivity contribution in [1.82, 2.24) is 41.1 Å². The van der Waals surface area contributed by atoms with E-state index in [2.05, 4.69) is 38.1 Å². The van der Waals surface area contributed by atoms with Crippen LogP contribution in [0.25, 0.3) is 0 Å². The van der Waals surface area contributed by atoms with Crippen molar-refractivity contribution in [2.45, 2.75) is 62.1 Å². The molecule has 0 aromatic rings. The summed E-state index contributed by atoms with van der Waals surface area (Å²) in [5.74, 6) is -0.737. The van der Waals surface area contributed by atoms with Gasteiger partial charge in [-0.1, -0.05) is 0 Å². The van der Waals surface area contributed by atoms with Crippen molar-refractivity contribution in [2.75, 3.05) is 78.7 Å². The van der Waals surface area contributed by atoms with Crippen LogP contribution >= 0.6 is 0 Å². The summed E-state index contributed by atoms with van der Waals surface area (Å²) in [4.78, 5) is 33.3. The first-order valence-corrected chi connectivity index (χ1v) is 14.9. The number of alkyl halides is 2. The van der Waals surface area contributed by atoms with Crippen molar-refractivity contribution >= 4 is 11.8 Å². The predicted octanol–water partition coefficient (Wildman–Crippen LogP) is -2.59. The van der Waals surface area contributed by atoms with Crippen LogP contribution in [0.3, 0.4) is 0 Å². The van der Waals surface area contributed by atoms with E-state index in [4.69, 9.17) is 10.5 Å². The smallest absolute Gasteiger partial charge is 0.229 e.